The number of hydrogen-bond donors (Lipinski definition) is 2. The number of carbonyl (C=O) groups excluding carboxylic acids is 1. The zero-order chi connectivity index (χ0) is 35.9. The second-order valence-electron chi connectivity index (χ2n) is 12.4. The molecule has 1 amide bonds. The van der Waals surface area contributed by atoms with E-state index in [-0.39, 0.29) is 5.91 Å². The Morgan fingerprint density at radius 1 is 0.865 bits per heavy atom. The third kappa shape index (κ3) is 8.62. The lowest BCUT2D eigenvalue weighted by Crippen LogP contribution is -2.22. The molecule has 13 heteroatoms. The summed E-state index contributed by atoms with van der Waals surface area (Å²) in [6.45, 7) is 2.06. The van der Waals surface area contributed by atoms with Crippen LogP contribution >= 0.6 is 34.5 Å². The lowest BCUT2D eigenvalue weighted by Gasteiger charge is -2.12. The van der Waals surface area contributed by atoms with Crippen molar-refractivity contribution in [2.45, 2.75) is 45.2 Å². The Morgan fingerprint density at radius 2 is 1.65 bits per heavy atom. The molecular formula is C39H37Cl2N7O3S. The summed E-state index contributed by atoms with van der Waals surface area (Å²) in [6, 6.07) is 27.5. The van der Waals surface area contributed by atoms with Gasteiger partial charge in [0.1, 0.15) is 12.4 Å². The van der Waals surface area contributed by atoms with Crippen molar-refractivity contribution in [1.29, 1.82) is 0 Å². The fourth-order valence-corrected chi connectivity index (χ4v) is 7.56. The molecule has 0 aliphatic rings. The van der Waals surface area contributed by atoms with Crippen molar-refractivity contribution in [2.75, 3.05) is 20.3 Å². The standard InChI is InChI=1S/C39H37Cl2N7O3S/c1-50-20-21-51-30-12-16-36-33(23-30)43-38(52-36)17-15-34-31(13-6-25-2-8-28(40)9-3-25)32-22-27(39(49)42-24-26-4-10-29(41)11-5-26)7-14-35(32)48(34)19-18-37-44-46-47-45-37/h2-5,7-12,14,16,22-23H,6,13,15,17-21,24H2,1H3,(H,42,49)(H,44,45,46,47). The van der Waals surface area contributed by atoms with Crippen LogP contribution in [-0.2, 0) is 49.9 Å². The number of ether oxygens (including phenoxy) is 2. The summed E-state index contributed by atoms with van der Waals surface area (Å²) in [6.07, 6.45) is 3.70. The number of aromatic nitrogens is 6. The van der Waals surface area contributed by atoms with E-state index in [2.05, 4.69) is 54.8 Å². The molecular weight excluding hydrogens is 717 g/mol. The lowest BCUT2D eigenvalue weighted by molar-refractivity contribution is 0.0951. The van der Waals surface area contributed by atoms with Crippen molar-refractivity contribution in [3.05, 3.63) is 134 Å². The van der Waals surface area contributed by atoms with Gasteiger partial charge in [-0.1, -0.05) is 52.7 Å². The highest BCUT2D eigenvalue weighted by atomic mass is 35.5. The number of fused-ring (bicyclic) bond motifs is 2. The van der Waals surface area contributed by atoms with Crippen LogP contribution in [0.25, 0.3) is 21.1 Å². The second-order valence-corrected chi connectivity index (χ2v) is 14.4. The summed E-state index contributed by atoms with van der Waals surface area (Å²) >= 11 is 14.0. The summed E-state index contributed by atoms with van der Waals surface area (Å²) in [5.41, 5.74) is 7.16. The predicted octanol–water partition coefficient (Wildman–Crippen LogP) is 7.84. The molecule has 3 aromatic heterocycles. The van der Waals surface area contributed by atoms with Crippen molar-refractivity contribution in [2.24, 2.45) is 0 Å². The Balaban J connectivity index is 1.22. The van der Waals surface area contributed by atoms with Gasteiger partial charge in [0.2, 0.25) is 0 Å². The van der Waals surface area contributed by atoms with Crippen LogP contribution in [0, 0.1) is 0 Å². The number of methoxy groups -OCH3 is 1. The zero-order valence-corrected chi connectivity index (χ0v) is 30.9. The van der Waals surface area contributed by atoms with Crippen molar-refractivity contribution in [3.63, 3.8) is 0 Å². The number of thiazole rings is 1. The third-order valence-corrected chi connectivity index (χ3v) is 10.6. The van der Waals surface area contributed by atoms with Crippen LogP contribution in [0.5, 0.6) is 5.75 Å². The molecule has 0 saturated carbocycles. The van der Waals surface area contributed by atoms with Gasteiger partial charge in [-0.25, -0.2) is 4.98 Å². The van der Waals surface area contributed by atoms with E-state index in [1.165, 1.54) is 16.8 Å². The number of hydrogen-bond acceptors (Lipinski definition) is 8. The van der Waals surface area contributed by atoms with Crippen LogP contribution in [0.15, 0.2) is 84.9 Å². The summed E-state index contributed by atoms with van der Waals surface area (Å²) < 4.78 is 14.4. The van der Waals surface area contributed by atoms with Crippen LogP contribution < -0.4 is 10.1 Å². The highest BCUT2D eigenvalue weighted by Crippen LogP contribution is 2.32. The maximum Gasteiger partial charge on any atom is 0.251 e. The number of tetrazole rings is 1. The maximum atomic E-state index is 13.5. The summed E-state index contributed by atoms with van der Waals surface area (Å²) in [7, 11) is 1.66. The van der Waals surface area contributed by atoms with E-state index in [0.29, 0.717) is 54.2 Å². The average Bonchev–Trinajstić information content (AvgIpc) is 3.90. The fourth-order valence-electron chi connectivity index (χ4n) is 6.37. The first-order valence-electron chi connectivity index (χ1n) is 17.1. The Bertz CT molecular complexity index is 2270. The molecule has 52 heavy (non-hydrogen) atoms. The minimum atomic E-state index is -0.137. The van der Waals surface area contributed by atoms with E-state index in [1.807, 2.05) is 60.7 Å². The minimum absolute atomic E-state index is 0.137. The minimum Gasteiger partial charge on any atom is -0.491 e. The van der Waals surface area contributed by atoms with Gasteiger partial charge in [-0.05, 0) is 90.6 Å². The number of benzene rings is 4. The van der Waals surface area contributed by atoms with E-state index < -0.39 is 0 Å². The highest BCUT2D eigenvalue weighted by Gasteiger charge is 2.20. The van der Waals surface area contributed by atoms with Gasteiger partial charge >= 0.3 is 0 Å². The molecule has 266 valence electrons. The smallest absolute Gasteiger partial charge is 0.251 e. The molecule has 0 spiro atoms. The number of aromatic amines is 1. The quantitative estimate of drug-likeness (QED) is 0.0966. The van der Waals surface area contributed by atoms with Crippen LogP contribution in [0.2, 0.25) is 10.0 Å². The number of halogens is 2. The molecule has 7 aromatic rings. The van der Waals surface area contributed by atoms with Gasteiger partial charge in [0.05, 0.1) is 21.8 Å². The van der Waals surface area contributed by atoms with Crippen molar-refractivity contribution in [3.8, 4) is 5.75 Å². The van der Waals surface area contributed by atoms with Crippen LogP contribution in [0.4, 0.5) is 0 Å². The molecule has 0 radical (unpaired) electrons. The normalized spacial score (nSPS) is 11.4. The molecule has 0 aliphatic carbocycles. The number of amides is 1. The predicted molar refractivity (Wildman–Crippen MR) is 206 cm³/mol. The van der Waals surface area contributed by atoms with Crippen molar-refractivity contribution in [1.82, 2.24) is 35.5 Å². The molecule has 0 fully saturated rings. The van der Waals surface area contributed by atoms with E-state index in [1.54, 1.807) is 18.4 Å². The molecule has 7 rings (SSSR count). The Labute approximate surface area is 315 Å². The van der Waals surface area contributed by atoms with Gasteiger partial charge in [0, 0.05) is 71.3 Å². The van der Waals surface area contributed by atoms with E-state index in [9.17, 15) is 4.79 Å². The second kappa shape index (κ2) is 16.7. The first kappa shape index (κ1) is 35.6. The molecule has 0 saturated heterocycles. The van der Waals surface area contributed by atoms with Gasteiger partial charge < -0.3 is 19.4 Å². The summed E-state index contributed by atoms with van der Waals surface area (Å²) in [5.74, 6) is 1.28. The van der Waals surface area contributed by atoms with Crippen LogP contribution in [-0.4, -0.2) is 56.4 Å². The van der Waals surface area contributed by atoms with Crippen molar-refractivity contribution >= 4 is 61.6 Å². The van der Waals surface area contributed by atoms with E-state index in [4.69, 9.17) is 37.7 Å². The van der Waals surface area contributed by atoms with Gasteiger partial charge in [0.25, 0.3) is 5.91 Å². The topological polar surface area (TPSA) is 120 Å². The molecule has 0 unspecified atom stereocenters. The molecule has 3 heterocycles. The molecule has 2 N–H and O–H groups in total. The molecule has 10 nitrogen and oxygen atoms in total. The van der Waals surface area contributed by atoms with Crippen molar-refractivity contribution < 1.29 is 14.3 Å². The lowest BCUT2D eigenvalue weighted by atomic mass is 9.99. The zero-order valence-electron chi connectivity index (χ0n) is 28.6. The number of aryl methyl sites for hydroxylation is 5. The van der Waals surface area contributed by atoms with E-state index >= 15 is 0 Å². The number of nitrogens with zero attached hydrogens (tertiary/aromatic N) is 5. The Kier molecular flexibility index (Phi) is 11.4. The SMILES string of the molecule is COCCOc1ccc2sc(CCc3c(CCc4ccc(Cl)cc4)c4cc(C(=O)NCc5ccc(Cl)cc5)ccc4n3CCc3nn[nH]n3)nc2c1. The van der Waals surface area contributed by atoms with Gasteiger partial charge in [-0.15, -0.1) is 21.5 Å². The number of carbonyl (C=O) groups is 1. The monoisotopic (exact) mass is 753 g/mol. The Hall–Kier alpha value is -4.81. The number of H-pyrrole nitrogens is 1. The average molecular weight is 755 g/mol. The molecule has 4 aromatic carbocycles. The molecule has 0 bridgehead atoms. The maximum absolute atomic E-state index is 13.5. The van der Waals surface area contributed by atoms with Gasteiger partial charge in [-0.2, -0.15) is 5.21 Å². The van der Waals surface area contributed by atoms with E-state index in [0.717, 1.165) is 63.1 Å². The highest BCUT2D eigenvalue weighted by molar-refractivity contribution is 7.18. The number of rotatable bonds is 16. The van der Waals surface area contributed by atoms with Gasteiger partial charge in [0.15, 0.2) is 5.82 Å². The first-order chi connectivity index (χ1) is 25.4. The Morgan fingerprint density at radius 3 is 2.40 bits per heavy atom. The van der Waals surface area contributed by atoms with Gasteiger partial charge in [-0.3, -0.25) is 4.79 Å². The van der Waals surface area contributed by atoms with Crippen LogP contribution in [0.1, 0.15) is 43.6 Å². The molecule has 0 atom stereocenters. The fraction of sp³-hybridized carbons (Fsp3) is 0.256. The first-order valence-corrected chi connectivity index (χ1v) is 18.7. The third-order valence-electron chi connectivity index (χ3n) is 8.98. The summed E-state index contributed by atoms with van der Waals surface area (Å²) in [5, 5.41) is 21.3. The summed E-state index contributed by atoms with van der Waals surface area (Å²) in [4.78, 5) is 18.5. The van der Waals surface area contributed by atoms with Crippen LogP contribution in [0.3, 0.4) is 0 Å². The number of nitrogens with one attached hydrogen (secondary N) is 2. The largest absolute Gasteiger partial charge is 0.491 e. The molecule has 0 aliphatic heterocycles.